The molecule has 0 radical (unpaired) electrons. The maximum atomic E-state index is 5.97. The van der Waals surface area contributed by atoms with Crippen LogP contribution >= 0.6 is 0 Å². The van der Waals surface area contributed by atoms with Crippen molar-refractivity contribution in [2.75, 3.05) is 44.2 Å². The van der Waals surface area contributed by atoms with Crippen LogP contribution in [-0.2, 0) is 6.42 Å². The van der Waals surface area contributed by atoms with Crippen molar-refractivity contribution in [3.63, 3.8) is 0 Å². The highest BCUT2D eigenvalue weighted by Gasteiger charge is 2.19. The maximum Gasteiger partial charge on any atom is 0.137 e. The van der Waals surface area contributed by atoms with E-state index in [1.54, 1.807) is 6.20 Å². The lowest BCUT2D eigenvalue weighted by Crippen LogP contribution is -2.46. The molecule has 1 aliphatic heterocycles. The van der Waals surface area contributed by atoms with Gasteiger partial charge in [0, 0.05) is 49.5 Å². The maximum absolute atomic E-state index is 5.97. The SMILES string of the molecule is C.CCN1CCN(c2nc(-c3ccc(OCCCc4cccnc4)cc3)cc3ccccc23)CC1. The number of likely N-dealkylation sites (N-methyl/N-ethyl adjacent to an activating group) is 1. The zero-order valence-electron chi connectivity index (χ0n) is 19.9. The van der Waals surface area contributed by atoms with Crippen LogP contribution < -0.4 is 9.64 Å². The molecule has 5 nitrogen and oxygen atoms in total. The zero-order valence-corrected chi connectivity index (χ0v) is 19.9. The largest absolute Gasteiger partial charge is 0.494 e. The molecule has 2 aromatic heterocycles. The van der Waals surface area contributed by atoms with Crippen LogP contribution in [0.5, 0.6) is 5.75 Å². The second kappa shape index (κ2) is 11.8. The number of benzene rings is 2. The van der Waals surface area contributed by atoms with E-state index in [1.165, 1.54) is 16.3 Å². The van der Waals surface area contributed by atoms with Crippen molar-refractivity contribution in [2.45, 2.75) is 27.2 Å². The molecule has 0 spiro atoms. The summed E-state index contributed by atoms with van der Waals surface area (Å²) in [6.45, 7) is 8.24. The lowest BCUT2D eigenvalue weighted by atomic mass is 10.1. The van der Waals surface area contributed by atoms with Gasteiger partial charge in [-0.15, -0.1) is 0 Å². The summed E-state index contributed by atoms with van der Waals surface area (Å²) >= 11 is 0. The van der Waals surface area contributed by atoms with E-state index in [-0.39, 0.29) is 7.43 Å². The molecule has 2 aromatic carbocycles. The second-order valence-electron chi connectivity index (χ2n) is 8.81. The second-order valence-corrected chi connectivity index (χ2v) is 8.81. The molecule has 4 aromatic rings. The van der Waals surface area contributed by atoms with Crippen LogP contribution in [0.25, 0.3) is 22.0 Å². The lowest BCUT2D eigenvalue weighted by Gasteiger charge is -2.35. The Hall–Kier alpha value is -3.44. The van der Waals surface area contributed by atoms with Gasteiger partial charge in [0.25, 0.3) is 0 Å². The molecule has 0 aliphatic carbocycles. The topological polar surface area (TPSA) is 41.5 Å². The summed E-state index contributed by atoms with van der Waals surface area (Å²) in [6.07, 6.45) is 5.67. The molecule has 182 valence electrons. The van der Waals surface area contributed by atoms with Crippen LogP contribution in [-0.4, -0.2) is 54.2 Å². The fraction of sp³-hybridized carbons (Fsp3) is 0.333. The normalized spacial score (nSPS) is 14.0. The van der Waals surface area contributed by atoms with Crippen LogP contribution in [0, 0.1) is 0 Å². The van der Waals surface area contributed by atoms with Crippen molar-refractivity contribution < 1.29 is 4.74 Å². The Kier molecular flexibility index (Phi) is 8.32. The van der Waals surface area contributed by atoms with Gasteiger partial charge >= 0.3 is 0 Å². The van der Waals surface area contributed by atoms with Crippen LogP contribution in [0.3, 0.4) is 0 Å². The summed E-state index contributed by atoms with van der Waals surface area (Å²) in [5.41, 5.74) is 3.37. The number of aromatic nitrogens is 2. The molecule has 0 N–H and O–H groups in total. The quantitative estimate of drug-likeness (QED) is 0.293. The smallest absolute Gasteiger partial charge is 0.137 e. The van der Waals surface area contributed by atoms with Crippen LogP contribution in [0.15, 0.2) is 79.1 Å². The van der Waals surface area contributed by atoms with E-state index in [1.807, 2.05) is 12.3 Å². The van der Waals surface area contributed by atoms with E-state index < -0.39 is 0 Å². The molecule has 3 heterocycles. The van der Waals surface area contributed by atoms with Crippen molar-refractivity contribution in [2.24, 2.45) is 0 Å². The average molecular weight is 469 g/mol. The molecule has 0 amide bonds. The van der Waals surface area contributed by atoms with Crippen LogP contribution in [0.1, 0.15) is 26.3 Å². The number of ether oxygens (including phenoxy) is 1. The van der Waals surface area contributed by atoms with Crippen LogP contribution in [0.4, 0.5) is 5.82 Å². The standard InChI is InChI=1S/C29H32N4O.CH4/c1-2-32-16-18-33(19-17-32)29-27-10-4-3-9-25(27)21-28(31-29)24-11-13-26(14-12-24)34-20-6-8-23-7-5-15-30-22-23;/h3-5,7,9-15,21-22H,2,6,8,16-20H2,1H3;1H4. The summed E-state index contributed by atoms with van der Waals surface area (Å²) in [5, 5.41) is 2.46. The highest BCUT2D eigenvalue weighted by molar-refractivity contribution is 5.95. The van der Waals surface area contributed by atoms with Crippen molar-refractivity contribution in [1.29, 1.82) is 0 Å². The molecule has 0 atom stereocenters. The van der Waals surface area contributed by atoms with Gasteiger partial charge in [-0.2, -0.15) is 0 Å². The molecule has 5 heteroatoms. The fourth-order valence-electron chi connectivity index (χ4n) is 4.58. The average Bonchev–Trinajstić information content (AvgIpc) is 2.91. The lowest BCUT2D eigenvalue weighted by molar-refractivity contribution is 0.271. The Morgan fingerprint density at radius 1 is 0.914 bits per heavy atom. The number of hydrogen-bond donors (Lipinski definition) is 0. The number of aryl methyl sites for hydroxylation is 1. The molecule has 1 fully saturated rings. The summed E-state index contributed by atoms with van der Waals surface area (Å²) in [6, 6.07) is 23.2. The Morgan fingerprint density at radius 2 is 1.71 bits per heavy atom. The molecule has 35 heavy (non-hydrogen) atoms. The number of rotatable bonds is 8. The third-order valence-corrected chi connectivity index (χ3v) is 6.59. The summed E-state index contributed by atoms with van der Waals surface area (Å²) < 4.78 is 5.97. The van der Waals surface area contributed by atoms with E-state index in [0.717, 1.165) is 68.4 Å². The minimum atomic E-state index is 0. The molecule has 0 unspecified atom stereocenters. The molecular formula is C30H36N4O. The van der Waals surface area contributed by atoms with Gasteiger partial charge in [-0.3, -0.25) is 4.98 Å². The molecule has 0 bridgehead atoms. The van der Waals surface area contributed by atoms with Gasteiger partial charge in [-0.25, -0.2) is 4.98 Å². The Labute approximate surface area is 209 Å². The molecule has 0 saturated carbocycles. The molecular weight excluding hydrogens is 432 g/mol. The first-order valence-corrected chi connectivity index (χ1v) is 12.3. The van der Waals surface area contributed by atoms with E-state index in [2.05, 4.69) is 82.4 Å². The summed E-state index contributed by atoms with van der Waals surface area (Å²) in [7, 11) is 0. The first-order chi connectivity index (χ1) is 16.8. The van der Waals surface area contributed by atoms with E-state index in [9.17, 15) is 0 Å². The molecule has 5 rings (SSSR count). The van der Waals surface area contributed by atoms with E-state index in [0.29, 0.717) is 6.61 Å². The minimum absolute atomic E-state index is 0. The van der Waals surface area contributed by atoms with Crippen LogP contribution in [0.2, 0.25) is 0 Å². The van der Waals surface area contributed by atoms with Crippen molar-refractivity contribution >= 4 is 16.6 Å². The van der Waals surface area contributed by atoms with E-state index in [4.69, 9.17) is 9.72 Å². The summed E-state index contributed by atoms with van der Waals surface area (Å²) in [4.78, 5) is 14.3. The first-order valence-electron chi connectivity index (χ1n) is 12.3. The number of piperazine rings is 1. The van der Waals surface area contributed by atoms with E-state index >= 15 is 0 Å². The van der Waals surface area contributed by atoms with Crippen molar-refractivity contribution in [1.82, 2.24) is 14.9 Å². The fourth-order valence-corrected chi connectivity index (χ4v) is 4.58. The van der Waals surface area contributed by atoms with Gasteiger partial charge in [-0.05, 0) is 66.7 Å². The summed E-state index contributed by atoms with van der Waals surface area (Å²) in [5.74, 6) is 1.99. The number of pyridine rings is 2. The van der Waals surface area contributed by atoms with Crippen molar-refractivity contribution in [3.05, 3.63) is 84.7 Å². The third kappa shape index (κ3) is 5.98. The first kappa shape index (κ1) is 24.7. The molecule has 1 saturated heterocycles. The Bertz CT molecular complexity index is 1200. The van der Waals surface area contributed by atoms with Gasteiger partial charge in [-0.1, -0.05) is 44.7 Å². The van der Waals surface area contributed by atoms with Gasteiger partial charge in [0.05, 0.1) is 12.3 Å². The number of hydrogen-bond acceptors (Lipinski definition) is 5. The highest BCUT2D eigenvalue weighted by atomic mass is 16.5. The molecule has 1 aliphatic rings. The Morgan fingerprint density at radius 3 is 2.46 bits per heavy atom. The number of nitrogens with zero attached hydrogens (tertiary/aromatic N) is 4. The Balaban J connectivity index is 0.00000289. The van der Waals surface area contributed by atoms with Crippen molar-refractivity contribution in [3.8, 4) is 17.0 Å². The van der Waals surface area contributed by atoms with Gasteiger partial charge in [0.1, 0.15) is 11.6 Å². The number of fused-ring (bicyclic) bond motifs is 1. The highest BCUT2D eigenvalue weighted by Crippen LogP contribution is 2.31. The van der Waals surface area contributed by atoms with Gasteiger partial charge < -0.3 is 14.5 Å². The van der Waals surface area contributed by atoms with Gasteiger partial charge in [0.15, 0.2) is 0 Å². The predicted molar refractivity (Wildman–Crippen MR) is 146 cm³/mol. The minimum Gasteiger partial charge on any atom is -0.494 e. The number of anilines is 1. The zero-order chi connectivity index (χ0) is 23.2. The monoisotopic (exact) mass is 468 g/mol. The predicted octanol–water partition coefficient (Wildman–Crippen LogP) is 6.09. The third-order valence-electron chi connectivity index (χ3n) is 6.59. The van der Waals surface area contributed by atoms with Gasteiger partial charge in [0.2, 0.25) is 0 Å².